The Kier molecular flexibility index (Phi) is 5.19. The monoisotopic (exact) mass is 362 g/mol. The lowest BCUT2D eigenvalue weighted by Crippen LogP contribution is -2.26. The number of hydrogen-bond acceptors (Lipinski definition) is 4. The molecule has 0 aliphatic heterocycles. The summed E-state index contributed by atoms with van der Waals surface area (Å²) < 4.78 is 5.07. The molecule has 3 aromatic carbocycles. The summed E-state index contributed by atoms with van der Waals surface area (Å²) in [4.78, 5) is 23.8. The second kappa shape index (κ2) is 7.72. The number of hydrogen-bond donors (Lipinski definition) is 2. The van der Waals surface area contributed by atoms with Crippen molar-refractivity contribution in [2.45, 2.75) is 0 Å². The number of carbonyl (C=O) groups is 2. The molecule has 27 heavy (non-hydrogen) atoms. The van der Waals surface area contributed by atoms with Crippen LogP contribution in [0.5, 0.6) is 5.75 Å². The van der Waals surface area contributed by atoms with Gasteiger partial charge in [-0.1, -0.05) is 24.3 Å². The lowest BCUT2D eigenvalue weighted by molar-refractivity contribution is 0.0854. The zero-order valence-electron chi connectivity index (χ0n) is 14.6. The fraction of sp³-hybridized carbons (Fsp3) is 0.0476. The average Bonchev–Trinajstić information content (AvgIpc) is 2.73. The summed E-state index contributed by atoms with van der Waals surface area (Å²) in [5, 5.41) is 10.8. The molecule has 0 aliphatic rings. The molecular formula is C21H18N2O4. The second-order valence-electron chi connectivity index (χ2n) is 5.84. The van der Waals surface area contributed by atoms with Crippen molar-refractivity contribution < 1.29 is 19.5 Å². The number of ether oxygens (including phenoxy) is 1. The summed E-state index contributed by atoms with van der Waals surface area (Å²) >= 11 is 0. The van der Waals surface area contributed by atoms with E-state index in [-0.39, 0.29) is 0 Å². The summed E-state index contributed by atoms with van der Waals surface area (Å²) in [6.07, 6.45) is 0. The highest BCUT2D eigenvalue weighted by Crippen LogP contribution is 2.24. The summed E-state index contributed by atoms with van der Waals surface area (Å²) in [5.74, 6) is -0.433. The minimum atomic E-state index is -0.559. The van der Waals surface area contributed by atoms with Gasteiger partial charge < -0.3 is 10.5 Å². The number of primary amides is 1. The number of nitrogens with two attached hydrogens (primary N) is 1. The van der Waals surface area contributed by atoms with Crippen molar-refractivity contribution in [1.82, 2.24) is 0 Å². The van der Waals surface area contributed by atoms with Crippen LogP contribution in [0, 0.1) is 0 Å². The fourth-order valence-corrected chi connectivity index (χ4v) is 2.62. The molecule has 0 aromatic heterocycles. The zero-order valence-corrected chi connectivity index (χ0v) is 14.6. The first-order valence-corrected chi connectivity index (χ1v) is 8.17. The van der Waals surface area contributed by atoms with Crippen molar-refractivity contribution in [3.05, 3.63) is 83.9 Å². The Balaban J connectivity index is 1.85. The number of amides is 2. The number of anilines is 1. The largest absolute Gasteiger partial charge is 0.497 e. The van der Waals surface area contributed by atoms with Crippen molar-refractivity contribution in [1.29, 1.82) is 0 Å². The molecule has 136 valence electrons. The van der Waals surface area contributed by atoms with Gasteiger partial charge in [0.15, 0.2) is 0 Å². The predicted octanol–water partition coefficient (Wildman–Crippen LogP) is 3.50. The third-order valence-electron chi connectivity index (χ3n) is 4.12. The molecule has 0 radical (unpaired) electrons. The van der Waals surface area contributed by atoms with E-state index in [2.05, 4.69) is 0 Å². The first-order valence-electron chi connectivity index (χ1n) is 8.17. The Morgan fingerprint density at radius 2 is 1.56 bits per heavy atom. The van der Waals surface area contributed by atoms with Crippen LogP contribution < -0.4 is 15.5 Å². The summed E-state index contributed by atoms with van der Waals surface area (Å²) in [5.41, 5.74) is 7.91. The third kappa shape index (κ3) is 3.96. The minimum Gasteiger partial charge on any atom is -0.497 e. The van der Waals surface area contributed by atoms with Gasteiger partial charge in [-0.15, -0.1) is 0 Å². The zero-order chi connectivity index (χ0) is 19.4. The highest BCUT2D eigenvalue weighted by atomic mass is 16.5. The lowest BCUT2D eigenvalue weighted by Gasteiger charge is -2.16. The Bertz CT molecular complexity index is 966. The minimum absolute atomic E-state index is 0.324. The highest BCUT2D eigenvalue weighted by molar-refractivity contribution is 6.05. The summed E-state index contributed by atoms with van der Waals surface area (Å²) in [6.45, 7) is 0. The molecule has 3 aromatic rings. The molecule has 0 unspecified atom stereocenters. The number of methoxy groups -OCH3 is 1. The number of hydroxylamine groups is 1. The van der Waals surface area contributed by atoms with Crippen molar-refractivity contribution in [2.75, 3.05) is 12.2 Å². The van der Waals surface area contributed by atoms with E-state index in [4.69, 9.17) is 10.5 Å². The average molecular weight is 362 g/mol. The van der Waals surface area contributed by atoms with E-state index in [1.165, 1.54) is 0 Å². The van der Waals surface area contributed by atoms with Gasteiger partial charge in [-0.25, -0.2) is 0 Å². The van der Waals surface area contributed by atoms with Crippen LogP contribution in [0.3, 0.4) is 0 Å². The van der Waals surface area contributed by atoms with Crippen LogP contribution in [0.1, 0.15) is 20.7 Å². The van der Waals surface area contributed by atoms with E-state index in [1.54, 1.807) is 73.8 Å². The van der Waals surface area contributed by atoms with E-state index >= 15 is 0 Å². The molecule has 0 saturated heterocycles. The summed E-state index contributed by atoms with van der Waals surface area (Å²) in [6, 6.07) is 20.1. The summed E-state index contributed by atoms with van der Waals surface area (Å²) in [7, 11) is 1.54. The number of nitrogens with zero attached hydrogens (tertiary/aromatic N) is 1. The van der Waals surface area contributed by atoms with E-state index in [0.717, 1.165) is 11.1 Å². The molecular weight excluding hydrogens is 344 g/mol. The molecule has 0 bridgehead atoms. The van der Waals surface area contributed by atoms with Gasteiger partial charge in [-0.2, -0.15) is 5.06 Å². The van der Waals surface area contributed by atoms with Crippen LogP contribution in [0.2, 0.25) is 0 Å². The van der Waals surface area contributed by atoms with Gasteiger partial charge in [0.1, 0.15) is 5.75 Å². The normalized spacial score (nSPS) is 10.3. The molecule has 2 amide bonds. The fourth-order valence-electron chi connectivity index (χ4n) is 2.62. The van der Waals surface area contributed by atoms with Gasteiger partial charge in [-0.3, -0.25) is 14.8 Å². The van der Waals surface area contributed by atoms with E-state index in [1.807, 2.05) is 6.07 Å². The molecule has 0 saturated carbocycles. The maximum atomic E-state index is 12.6. The Morgan fingerprint density at radius 1 is 0.889 bits per heavy atom. The first-order chi connectivity index (χ1) is 13.0. The predicted molar refractivity (Wildman–Crippen MR) is 102 cm³/mol. The van der Waals surface area contributed by atoms with E-state index < -0.39 is 11.8 Å². The van der Waals surface area contributed by atoms with Crippen LogP contribution in [-0.2, 0) is 0 Å². The third-order valence-corrected chi connectivity index (χ3v) is 4.12. The van der Waals surface area contributed by atoms with Gasteiger partial charge in [-0.05, 0) is 59.7 Å². The van der Waals surface area contributed by atoms with Crippen molar-refractivity contribution in [2.24, 2.45) is 5.73 Å². The standard InChI is InChI=1S/C21H18N2O4/c1-27-19-11-9-18(10-12-19)23(26)21(25)17-4-2-3-16(13-17)14-5-7-15(8-6-14)20(22)24/h2-13,26H,1H3,(H2,22,24). The van der Waals surface area contributed by atoms with Gasteiger partial charge in [0.2, 0.25) is 5.91 Å². The van der Waals surface area contributed by atoms with Crippen LogP contribution in [0.4, 0.5) is 5.69 Å². The molecule has 3 N–H and O–H groups in total. The smallest absolute Gasteiger partial charge is 0.282 e. The molecule has 6 nitrogen and oxygen atoms in total. The van der Waals surface area contributed by atoms with Gasteiger partial charge in [0.25, 0.3) is 5.91 Å². The van der Waals surface area contributed by atoms with Crippen molar-refractivity contribution in [3.8, 4) is 16.9 Å². The molecule has 0 aliphatic carbocycles. The van der Waals surface area contributed by atoms with Crippen LogP contribution >= 0.6 is 0 Å². The highest BCUT2D eigenvalue weighted by Gasteiger charge is 2.16. The molecule has 0 spiro atoms. The number of carbonyl (C=O) groups excluding carboxylic acids is 2. The Hall–Kier alpha value is -3.64. The SMILES string of the molecule is COc1ccc(N(O)C(=O)c2cccc(-c3ccc(C(N)=O)cc3)c2)cc1. The lowest BCUT2D eigenvalue weighted by atomic mass is 10.0. The topological polar surface area (TPSA) is 92.9 Å². The molecule has 0 fully saturated rings. The maximum Gasteiger partial charge on any atom is 0.282 e. The van der Waals surface area contributed by atoms with Crippen molar-refractivity contribution in [3.63, 3.8) is 0 Å². The van der Waals surface area contributed by atoms with Gasteiger partial charge in [0.05, 0.1) is 12.8 Å². The quantitative estimate of drug-likeness (QED) is 0.537. The Labute approximate surface area is 156 Å². The van der Waals surface area contributed by atoms with Crippen molar-refractivity contribution >= 4 is 17.5 Å². The van der Waals surface area contributed by atoms with Crippen LogP contribution in [0.25, 0.3) is 11.1 Å². The van der Waals surface area contributed by atoms with Gasteiger partial charge >= 0.3 is 0 Å². The maximum absolute atomic E-state index is 12.6. The molecule has 6 heteroatoms. The molecule has 0 heterocycles. The number of rotatable bonds is 5. The number of benzene rings is 3. The van der Waals surface area contributed by atoms with Crippen LogP contribution in [0.15, 0.2) is 72.8 Å². The molecule has 3 rings (SSSR count). The van der Waals surface area contributed by atoms with E-state index in [9.17, 15) is 14.8 Å². The second-order valence-corrected chi connectivity index (χ2v) is 5.84. The Morgan fingerprint density at radius 3 is 2.15 bits per heavy atom. The van der Waals surface area contributed by atoms with Crippen LogP contribution in [-0.4, -0.2) is 24.1 Å². The first kappa shape index (κ1) is 18.2. The molecule has 0 atom stereocenters. The van der Waals surface area contributed by atoms with Gasteiger partial charge in [0, 0.05) is 11.1 Å². The van der Waals surface area contributed by atoms with E-state index in [0.29, 0.717) is 27.6 Å².